The van der Waals surface area contributed by atoms with Gasteiger partial charge in [0.25, 0.3) is 0 Å². The summed E-state index contributed by atoms with van der Waals surface area (Å²) in [6.45, 7) is 0. The van der Waals surface area contributed by atoms with E-state index in [9.17, 15) is 0 Å². The van der Waals surface area contributed by atoms with Crippen LogP contribution in [0.2, 0.25) is 20.4 Å². The molecule has 0 bridgehead atoms. The molecule has 0 spiro atoms. The average molecular weight is 348 g/mol. The number of aromatic nitrogens is 2. The largest absolute Gasteiger partial charge is 0.244 e. The molecule has 0 atom stereocenters. The molecule has 2 aromatic heterocycles. The number of hydrogen-bond donors (Lipinski definition) is 0. The number of nitrogens with zero attached hydrogens (tertiary/aromatic N) is 4. The van der Waals surface area contributed by atoms with Crippen molar-refractivity contribution in [1.82, 2.24) is 9.97 Å². The SMILES string of the molecule is Clc1cc(Cl)c(/C=N/N=C/c2cnc(Cl)cc2Cl)cn1. The second kappa shape index (κ2) is 6.99. The minimum atomic E-state index is 0.315. The molecule has 0 amide bonds. The van der Waals surface area contributed by atoms with Gasteiger partial charge in [0.2, 0.25) is 0 Å². The van der Waals surface area contributed by atoms with Crippen molar-refractivity contribution in [2.45, 2.75) is 0 Å². The van der Waals surface area contributed by atoms with Crippen molar-refractivity contribution in [3.05, 3.63) is 56.0 Å². The van der Waals surface area contributed by atoms with Crippen molar-refractivity contribution >= 4 is 58.8 Å². The van der Waals surface area contributed by atoms with Gasteiger partial charge in [-0.3, -0.25) is 0 Å². The average Bonchev–Trinajstić information content (AvgIpc) is 2.39. The van der Waals surface area contributed by atoms with Crippen LogP contribution in [-0.2, 0) is 0 Å². The third kappa shape index (κ3) is 4.15. The molecule has 0 saturated heterocycles. The quantitative estimate of drug-likeness (QED) is 0.464. The standard InChI is InChI=1S/C12H6Cl4N4/c13-9-1-11(15)17-3-7(9)5-19-20-6-8-4-18-12(16)2-10(8)14/h1-6H/b19-5+,20-6+. The van der Waals surface area contributed by atoms with Crippen LogP contribution in [-0.4, -0.2) is 22.4 Å². The first-order valence-corrected chi connectivity index (χ1v) is 6.76. The molecule has 0 N–H and O–H groups in total. The van der Waals surface area contributed by atoms with Gasteiger partial charge in [0.15, 0.2) is 0 Å². The van der Waals surface area contributed by atoms with Crippen LogP contribution in [0.3, 0.4) is 0 Å². The third-order valence-corrected chi connectivity index (χ3v) is 3.23. The second-order valence-corrected chi connectivity index (χ2v) is 5.14. The van der Waals surface area contributed by atoms with Gasteiger partial charge in [-0.25, -0.2) is 9.97 Å². The lowest BCUT2D eigenvalue weighted by atomic mass is 10.3. The van der Waals surface area contributed by atoms with E-state index in [1.165, 1.54) is 37.0 Å². The third-order valence-electron chi connectivity index (χ3n) is 2.16. The van der Waals surface area contributed by atoms with Gasteiger partial charge in [-0.2, -0.15) is 10.2 Å². The molecule has 0 saturated carbocycles. The van der Waals surface area contributed by atoms with E-state index in [1.54, 1.807) is 0 Å². The van der Waals surface area contributed by atoms with Crippen molar-refractivity contribution in [2.75, 3.05) is 0 Å². The monoisotopic (exact) mass is 346 g/mol. The van der Waals surface area contributed by atoms with Crippen LogP contribution in [0.25, 0.3) is 0 Å². The topological polar surface area (TPSA) is 50.5 Å². The summed E-state index contributed by atoms with van der Waals surface area (Å²) in [5.41, 5.74) is 1.21. The molecule has 102 valence electrons. The zero-order chi connectivity index (χ0) is 14.5. The highest BCUT2D eigenvalue weighted by Crippen LogP contribution is 2.18. The molecule has 0 aromatic carbocycles. The van der Waals surface area contributed by atoms with Gasteiger partial charge in [0.05, 0.1) is 22.5 Å². The summed E-state index contributed by atoms with van der Waals surface area (Å²) in [5.74, 6) is 0. The van der Waals surface area contributed by atoms with E-state index in [-0.39, 0.29) is 0 Å². The maximum absolute atomic E-state index is 5.95. The number of pyridine rings is 2. The van der Waals surface area contributed by atoms with E-state index in [1.807, 2.05) is 0 Å². The van der Waals surface area contributed by atoms with Gasteiger partial charge in [-0.1, -0.05) is 46.4 Å². The van der Waals surface area contributed by atoms with Crippen LogP contribution in [0.1, 0.15) is 11.1 Å². The Labute approximate surface area is 135 Å². The van der Waals surface area contributed by atoms with E-state index in [2.05, 4.69) is 20.2 Å². The summed E-state index contributed by atoms with van der Waals surface area (Å²) >= 11 is 23.3. The Bertz CT molecular complexity index is 626. The molecule has 2 heterocycles. The Hall–Kier alpha value is -1.20. The van der Waals surface area contributed by atoms with Crippen LogP contribution in [0.15, 0.2) is 34.7 Å². The highest BCUT2D eigenvalue weighted by atomic mass is 35.5. The van der Waals surface area contributed by atoms with Gasteiger partial charge in [0, 0.05) is 23.5 Å². The first-order chi connectivity index (χ1) is 9.56. The van der Waals surface area contributed by atoms with Crippen molar-refractivity contribution in [3.63, 3.8) is 0 Å². The molecule has 0 fully saturated rings. The number of halogens is 4. The highest BCUT2D eigenvalue weighted by Gasteiger charge is 2.00. The smallest absolute Gasteiger partial charge is 0.130 e. The van der Waals surface area contributed by atoms with Crippen LogP contribution in [0.5, 0.6) is 0 Å². The maximum Gasteiger partial charge on any atom is 0.130 e. The summed E-state index contributed by atoms with van der Waals surface area (Å²) in [5, 5.41) is 9.21. The predicted molar refractivity (Wildman–Crippen MR) is 83.7 cm³/mol. The van der Waals surface area contributed by atoms with Gasteiger partial charge in [-0.05, 0) is 12.1 Å². The summed E-state index contributed by atoms with van der Waals surface area (Å²) in [6, 6.07) is 3.04. The van der Waals surface area contributed by atoms with Crippen molar-refractivity contribution < 1.29 is 0 Å². The van der Waals surface area contributed by atoms with Crippen LogP contribution in [0, 0.1) is 0 Å². The molecule has 20 heavy (non-hydrogen) atoms. The zero-order valence-corrected chi connectivity index (χ0v) is 12.8. The van der Waals surface area contributed by atoms with E-state index >= 15 is 0 Å². The molecule has 2 rings (SSSR count). The highest BCUT2D eigenvalue weighted by molar-refractivity contribution is 6.36. The maximum atomic E-state index is 5.95. The normalized spacial score (nSPS) is 11.6. The first-order valence-electron chi connectivity index (χ1n) is 5.25. The Morgan fingerprint density at radius 1 is 0.750 bits per heavy atom. The van der Waals surface area contributed by atoms with Crippen molar-refractivity contribution in [2.24, 2.45) is 10.2 Å². The Balaban J connectivity index is 2.11. The molecule has 2 aromatic rings. The van der Waals surface area contributed by atoms with Gasteiger partial charge in [0.1, 0.15) is 10.3 Å². The molecule has 8 heteroatoms. The lowest BCUT2D eigenvalue weighted by Crippen LogP contribution is -1.87. The van der Waals surface area contributed by atoms with Crippen molar-refractivity contribution in [1.29, 1.82) is 0 Å². The minimum Gasteiger partial charge on any atom is -0.244 e. The Kier molecular flexibility index (Phi) is 5.31. The fraction of sp³-hybridized carbons (Fsp3) is 0. The number of rotatable bonds is 3. The van der Waals surface area contributed by atoms with Gasteiger partial charge >= 0.3 is 0 Å². The predicted octanol–water partition coefficient (Wildman–Crippen LogP) is 4.54. The fourth-order valence-electron chi connectivity index (χ4n) is 1.22. The minimum absolute atomic E-state index is 0.315. The van der Waals surface area contributed by atoms with E-state index in [0.717, 1.165) is 0 Å². The Morgan fingerprint density at radius 3 is 1.50 bits per heavy atom. The first kappa shape index (κ1) is 15.2. The van der Waals surface area contributed by atoms with Gasteiger partial charge in [-0.15, -0.1) is 0 Å². The molecular formula is C12H6Cl4N4. The Morgan fingerprint density at radius 2 is 1.15 bits per heavy atom. The summed E-state index contributed by atoms with van der Waals surface area (Å²) in [6.07, 6.45) is 5.92. The fourth-order valence-corrected chi connectivity index (χ4v) is 2.05. The lowest BCUT2D eigenvalue weighted by molar-refractivity contribution is 1.25. The summed E-state index contributed by atoms with van der Waals surface area (Å²) < 4.78 is 0. The molecule has 4 nitrogen and oxygen atoms in total. The summed E-state index contributed by atoms with van der Waals surface area (Å²) in [4.78, 5) is 7.79. The molecule has 0 unspecified atom stereocenters. The second-order valence-electron chi connectivity index (χ2n) is 3.55. The molecule has 0 aliphatic carbocycles. The molecule has 0 radical (unpaired) electrons. The van der Waals surface area contributed by atoms with E-state index < -0.39 is 0 Å². The lowest BCUT2D eigenvalue weighted by Gasteiger charge is -1.96. The van der Waals surface area contributed by atoms with Crippen LogP contribution in [0.4, 0.5) is 0 Å². The molecule has 0 aliphatic heterocycles. The number of hydrogen-bond acceptors (Lipinski definition) is 4. The van der Waals surface area contributed by atoms with E-state index in [4.69, 9.17) is 46.4 Å². The molecular weight excluding hydrogens is 342 g/mol. The zero-order valence-electron chi connectivity index (χ0n) is 9.76. The van der Waals surface area contributed by atoms with Gasteiger partial charge < -0.3 is 0 Å². The molecule has 0 aliphatic rings. The van der Waals surface area contributed by atoms with Crippen LogP contribution < -0.4 is 0 Å². The van der Waals surface area contributed by atoms with E-state index in [0.29, 0.717) is 31.5 Å². The summed E-state index contributed by atoms with van der Waals surface area (Å²) in [7, 11) is 0. The van der Waals surface area contributed by atoms with Crippen LogP contribution >= 0.6 is 46.4 Å². The van der Waals surface area contributed by atoms with Crippen molar-refractivity contribution in [3.8, 4) is 0 Å².